The number of urea groups is 1. The van der Waals surface area contributed by atoms with E-state index in [-0.39, 0.29) is 17.4 Å². The zero-order chi connectivity index (χ0) is 15.0. The number of nitrogens with zero attached hydrogens (tertiary/aromatic N) is 1. The van der Waals surface area contributed by atoms with Crippen LogP contribution in [0.5, 0.6) is 0 Å². The van der Waals surface area contributed by atoms with Gasteiger partial charge in [-0.05, 0) is 50.4 Å². The Hall–Kier alpha value is -1.26. The molecular formula is C15H26N2O3. The van der Waals surface area contributed by atoms with E-state index in [1.165, 1.54) is 0 Å². The normalized spacial score (nSPS) is 24.2. The van der Waals surface area contributed by atoms with E-state index in [4.69, 9.17) is 0 Å². The highest BCUT2D eigenvalue weighted by molar-refractivity contribution is 5.86. The summed E-state index contributed by atoms with van der Waals surface area (Å²) < 4.78 is 0. The number of carbonyl (C=O) groups excluding carboxylic acids is 1. The van der Waals surface area contributed by atoms with E-state index >= 15 is 0 Å². The number of rotatable bonds is 5. The Morgan fingerprint density at radius 1 is 1.35 bits per heavy atom. The topological polar surface area (TPSA) is 69.6 Å². The molecule has 2 N–H and O–H groups in total. The first-order valence-electron chi connectivity index (χ1n) is 7.67. The Kier molecular flexibility index (Phi) is 3.98. The van der Waals surface area contributed by atoms with Crippen LogP contribution in [-0.2, 0) is 4.79 Å². The molecule has 114 valence electrons. The quantitative estimate of drug-likeness (QED) is 0.813. The average Bonchev–Trinajstić information content (AvgIpc) is 3.18. The lowest BCUT2D eigenvalue weighted by Gasteiger charge is -2.30. The second kappa shape index (κ2) is 5.26. The molecule has 0 bridgehead atoms. The van der Waals surface area contributed by atoms with E-state index in [2.05, 4.69) is 19.2 Å². The van der Waals surface area contributed by atoms with Crippen molar-refractivity contribution in [1.29, 1.82) is 0 Å². The molecule has 0 aromatic carbocycles. The van der Waals surface area contributed by atoms with Crippen LogP contribution in [0.1, 0.15) is 52.9 Å². The van der Waals surface area contributed by atoms with Crippen LogP contribution in [-0.4, -0.2) is 40.6 Å². The Balaban J connectivity index is 2.00. The van der Waals surface area contributed by atoms with Gasteiger partial charge in [-0.15, -0.1) is 0 Å². The molecule has 1 aliphatic heterocycles. The van der Waals surface area contributed by atoms with Gasteiger partial charge in [0.05, 0.1) is 0 Å². The minimum atomic E-state index is -1.11. The molecule has 2 fully saturated rings. The minimum Gasteiger partial charge on any atom is -0.480 e. The molecular weight excluding hydrogens is 256 g/mol. The van der Waals surface area contributed by atoms with Gasteiger partial charge in [0.1, 0.15) is 5.54 Å². The number of hydrogen-bond acceptors (Lipinski definition) is 2. The highest BCUT2D eigenvalue weighted by Gasteiger charge is 2.49. The molecule has 1 saturated carbocycles. The fourth-order valence-corrected chi connectivity index (χ4v) is 3.23. The van der Waals surface area contributed by atoms with Crippen LogP contribution in [0.15, 0.2) is 0 Å². The Morgan fingerprint density at radius 2 is 1.95 bits per heavy atom. The fourth-order valence-electron chi connectivity index (χ4n) is 3.23. The summed E-state index contributed by atoms with van der Waals surface area (Å²) in [5, 5.41) is 12.2. The van der Waals surface area contributed by atoms with Gasteiger partial charge < -0.3 is 15.3 Å². The highest BCUT2D eigenvalue weighted by Crippen LogP contribution is 2.41. The van der Waals surface area contributed by atoms with E-state index in [1.54, 1.807) is 11.8 Å². The maximum atomic E-state index is 12.4. The summed E-state index contributed by atoms with van der Waals surface area (Å²) in [4.78, 5) is 25.6. The minimum absolute atomic E-state index is 0.0775. The van der Waals surface area contributed by atoms with Gasteiger partial charge in [-0.3, -0.25) is 0 Å². The van der Waals surface area contributed by atoms with E-state index in [0.717, 1.165) is 45.2 Å². The van der Waals surface area contributed by atoms with E-state index in [9.17, 15) is 14.7 Å². The Labute approximate surface area is 120 Å². The average molecular weight is 282 g/mol. The third kappa shape index (κ3) is 2.63. The van der Waals surface area contributed by atoms with Crippen LogP contribution in [0.3, 0.4) is 0 Å². The second-order valence-corrected chi connectivity index (χ2v) is 6.59. The van der Waals surface area contributed by atoms with Crippen molar-refractivity contribution in [3.63, 3.8) is 0 Å². The lowest BCUT2D eigenvalue weighted by atomic mass is 9.82. The first-order valence-corrected chi connectivity index (χ1v) is 7.67. The molecule has 2 rings (SSSR count). The number of likely N-dealkylation sites (tertiary alicyclic amines) is 1. The summed E-state index contributed by atoms with van der Waals surface area (Å²) >= 11 is 0. The summed E-state index contributed by atoms with van der Waals surface area (Å²) in [6.45, 7) is 7.43. The number of hydrogen-bond donors (Lipinski definition) is 2. The smallest absolute Gasteiger partial charge is 0.329 e. The largest absolute Gasteiger partial charge is 0.480 e. The van der Waals surface area contributed by atoms with Crippen molar-refractivity contribution >= 4 is 12.0 Å². The SMILES string of the molecule is CCC1(CC)CCN(C(=O)NC(C)(C(=O)O)C2CC2)C1. The van der Waals surface area contributed by atoms with Crippen molar-refractivity contribution in [2.75, 3.05) is 13.1 Å². The third-order valence-corrected chi connectivity index (χ3v) is 5.43. The molecule has 0 aromatic rings. The van der Waals surface area contributed by atoms with Crippen LogP contribution in [0.4, 0.5) is 4.79 Å². The molecule has 2 amide bonds. The fraction of sp³-hybridized carbons (Fsp3) is 0.867. The first-order chi connectivity index (χ1) is 9.37. The van der Waals surface area contributed by atoms with Crippen molar-refractivity contribution in [2.24, 2.45) is 11.3 Å². The molecule has 1 aliphatic carbocycles. The van der Waals surface area contributed by atoms with Crippen molar-refractivity contribution in [2.45, 2.75) is 58.4 Å². The maximum Gasteiger partial charge on any atom is 0.329 e. The third-order valence-electron chi connectivity index (χ3n) is 5.43. The number of aliphatic carboxylic acids is 1. The molecule has 1 unspecified atom stereocenters. The molecule has 0 spiro atoms. The van der Waals surface area contributed by atoms with Gasteiger partial charge in [0.2, 0.25) is 0 Å². The van der Waals surface area contributed by atoms with Crippen molar-refractivity contribution in [3.8, 4) is 0 Å². The van der Waals surface area contributed by atoms with Gasteiger partial charge >= 0.3 is 12.0 Å². The van der Waals surface area contributed by atoms with E-state index < -0.39 is 11.5 Å². The van der Waals surface area contributed by atoms with Crippen LogP contribution >= 0.6 is 0 Å². The highest BCUT2D eigenvalue weighted by atomic mass is 16.4. The van der Waals surface area contributed by atoms with Crippen molar-refractivity contribution in [3.05, 3.63) is 0 Å². The zero-order valence-electron chi connectivity index (χ0n) is 12.7. The van der Waals surface area contributed by atoms with Gasteiger partial charge in [0, 0.05) is 13.1 Å². The van der Waals surface area contributed by atoms with E-state index in [1.807, 2.05) is 0 Å². The molecule has 2 aliphatic rings. The predicted octanol–water partition coefficient (Wildman–Crippen LogP) is 2.46. The Morgan fingerprint density at radius 3 is 2.35 bits per heavy atom. The lowest BCUT2D eigenvalue weighted by Crippen LogP contribution is -2.57. The molecule has 5 heteroatoms. The predicted molar refractivity (Wildman–Crippen MR) is 76.5 cm³/mol. The maximum absolute atomic E-state index is 12.4. The van der Waals surface area contributed by atoms with Crippen LogP contribution in [0, 0.1) is 11.3 Å². The summed E-state index contributed by atoms with van der Waals surface area (Å²) in [7, 11) is 0. The van der Waals surface area contributed by atoms with Gasteiger partial charge in [0.25, 0.3) is 0 Å². The van der Waals surface area contributed by atoms with Gasteiger partial charge in [-0.25, -0.2) is 9.59 Å². The monoisotopic (exact) mass is 282 g/mol. The number of carboxylic acid groups (broad SMARTS) is 1. The summed E-state index contributed by atoms with van der Waals surface area (Å²) in [6.07, 6.45) is 4.91. The number of carboxylic acids is 1. The van der Waals surface area contributed by atoms with Gasteiger partial charge in [-0.2, -0.15) is 0 Å². The number of amides is 2. The number of carbonyl (C=O) groups is 2. The second-order valence-electron chi connectivity index (χ2n) is 6.59. The molecule has 0 radical (unpaired) electrons. The van der Waals surface area contributed by atoms with Gasteiger partial charge in [-0.1, -0.05) is 13.8 Å². The molecule has 20 heavy (non-hydrogen) atoms. The standard InChI is InChI=1S/C15H26N2O3/c1-4-15(5-2)8-9-17(10-15)13(20)16-14(3,12(18)19)11-6-7-11/h11H,4-10H2,1-3H3,(H,16,20)(H,18,19). The van der Waals surface area contributed by atoms with Crippen molar-refractivity contribution < 1.29 is 14.7 Å². The molecule has 1 saturated heterocycles. The van der Waals surface area contributed by atoms with Gasteiger partial charge in [0.15, 0.2) is 0 Å². The molecule has 1 atom stereocenters. The first kappa shape index (κ1) is 15.1. The number of nitrogens with one attached hydrogen (secondary N) is 1. The summed E-state index contributed by atoms with van der Waals surface area (Å²) in [5.41, 5.74) is -0.892. The van der Waals surface area contributed by atoms with Crippen LogP contribution in [0.25, 0.3) is 0 Å². The summed E-state index contributed by atoms with van der Waals surface area (Å²) in [5.74, 6) is -0.849. The Bertz CT molecular complexity index is 402. The van der Waals surface area contributed by atoms with Crippen molar-refractivity contribution in [1.82, 2.24) is 10.2 Å². The molecule has 1 heterocycles. The zero-order valence-corrected chi connectivity index (χ0v) is 12.7. The van der Waals surface area contributed by atoms with Crippen LogP contribution < -0.4 is 5.32 Å². The molecule has 5 nitrogen and oxygen atoms in total. The van der Waals surface area contributed by atoms with E-state index in [0.29, 0.717) is 0 Å². The summed E-state index contributed by atoms with van der Waals surface area (Å²) in [6, 6.07) is -0.217. The lowest BCUT2D eigenvalue weighted by molar-refractivity contribution is -0.144. The van der Waals surface area contributed by atoms with Crippen LogP contribution in [0.2, 0.25) is 0 Å². The molecule has 0 aromatic heterocycles.